The minimum absolute atomic E-state index is 0.0832. The molecule has 2 heterocycles. The fourth-order valence-electron chi connectivity index (χ4n) is 3.41. The smallest absolute Gasteiger partial charge is 0.274 e. The fraction of sp³-hybridized carbons (Fsp3) is 0.0455. The molecular weight excluding hydrogens is 622 g/mol. The van der Waals surface area contributed by atoms with Crippen molar-refractivity contribution in [2.45, 2.75) is 5.92 Å². The van der Waals surface area contributed by atoms with Crippen LogP contribution in [-0.4, -0.2) is 4.57 Å². The lowest BCUT2D eigenvalue weighted by molar-refractivity contribution is 0.904. The van der Waals surface area contributed by atoms with Crippen LogP contribution in [0.5, 0.6) is 0 Å². The molecule has 1 aliphatic heterocycles. The number of fused-ring (bicyclic) bond motifs is 1. The van der Waals surface area contributed by atoms with Crippen LogP contribution in [0.2, 0.25) is 0 Å². The van der Waals surface area contributed by atoms with Crippen molar-refractivity contribution in [3.63, 3.8) is 0 Å². The van der Waals surface area contributed by atoms with Gasteiger partial charge in [0.2, 0.25) is 0 Å². The maximum absolute atomic E-state index is 13.2. The summed E-state index contributed by atoms with van der Waals surface area (Å²) in [6.45, 7) is 0. The number of hydrogen-bond acceptors (Lipinski definition) is 5. The van der Waals surface area contributed by atoms with Gasteiger partial charge in [-0.1, -0.05) is 36.4 Å². The average Bonchev–Trinajstić information content (AvgIpc) is 3.06. The molecule has 0 radical (unpaired) electrons. The molecule has 3 aromatic rings. The molecule has 146 valence electrons. The highest BCUT2D eigenvalue weighted by Crippen LogP contribution is 2.37. The maximum atomic E-state index is 13.2. The highest BCUT2D eigenvalue weighted by atomic mass is 127. The second-order valence-corrected chi connectivity index (χ2v) is 9.82. The quantitative estimate of drug-likeness (QED) is 0.439. The van der Waals surface area contributed by atoms with Gasteiger partial charge in [-0.2, -0.15) is 10.5 Å². The molecule has 0 aliphatic carbocycles. The van der Waals surface area contributed by atoms with Crippen molar-refractivity contribution >= 4 is 74.0 Å². The van der Waals surface area contributed by atoms with Gasteiger partial charge in [0.1, 0.15) is 10.5 Å². The van der Waals surface area contributed by atoms with E-state index in [2.05, 4.69) is 57.3 Å². The first-order valence-corrected chi connectivity index (χ1v) is 11.7. The second kappa shape index (κ2) is 8.38. The van der Waals surface area contributed by atoms with E-state index in [4.69, 9.17) is 5.73 Å². The van der Waals surface area contributed by atoms with Crippen LogP contribution in [0, 0.1) is 29.8 Å². The number of hydrogen-bond donors (Lipinski definition) is 1. The Morgan fingerprint density at radius 1 is 1.00 bits per heavy atom. The van der Waals surface area contributed by atoms with Crippen molar-refractivity contribution in [3.05, 3.63) is 91.9 Å². The van der Waals surface area contributed by atoms with Crippen LogP contribution in [0.1, 0.15) is 17.0 Å². The predicted octanol–water partition coefficient (Wildman–Crippen LogP) is 3.07. The van der Waals surface area contributed by atoms with Gasteiger partial charge in [-0.25, -0.2) is 0 Å². The Morgan fingerprint density at radius 3 is 2.27 bits per heavy atom. The Bertz CT molecular complexity index is 1480. The summed E-state index contributed by atoms with van der Waals surface area (Å²) in [5.41, 5.74) is 8.29. The van der Waals surface area contributed by atoms with Crippen molar-refractivity contribution in [2.75, 3.05) is 0 Å². The van der Waals surface area contributed by atoms with Crippen LogP contribution in [-0.2, 0) is 0 Å². The molecule has 30 heavy (non-hydrogen) atoms. The lowest BCUT2D eigenvalue weighted by Gasteiger charge is -2.23. The third-order valence-corrected chi connectivity index (χ3v) is 7.87. The number of nitrogens with zero attached hydrogens (tertiary/aromatic N) is 3. The van der Waals surface area contributed by atoms with E-state index >= 15 is 0 Å². The molecule has 1 aromatic heterocycles. The molecule has 0 unspecified atom stereocenters. The minimum atomic E-state index is -0.601. The highest BCUT2D eigenvalue weighted by Gasteiger charge is 2.33. The Labute approximate surface area is 203 Å². The molecule has 2 aromatic carbocycles. The molecular formula is C22H12I2N4OS. The lowest BCUT2D eigenvalue weighted by Crippen LogP contribution is -2.38. The number of thiazole rings is 1. The summed E-state index contributed by atoms with van der Waals surface area (Å²) in [7, 11) is 0. The van der Waals surface area contributed by atoms with E-state index in [-0.39, 0.29) is 17.0 Å². The molecule has 5 nitrogen and oxygen atoms in total. The summed E-state index contributed by atoms with van der Waals surface area (Å²) in [6.07, 6.45) is 1.80. The Kier molecular flexibility index (Phi) is 5.82. The van der Waals surface area contributed by atoms with Crippen molar-refractivity contribution in [1.82, 2.24) is 4.57 Å². The molecule has 0 saturated heterocycles. The summed E-state index contributed by atoms with van der Waals surface area (Å²) >= 11 is 5.62. The van der Waals surface area contributed by atoms with Crippen LogP contribution >= 0.6 is 56.5 Å². The summed E-state index contributed by atoms with van der Waals surface area (Å²) in [6, 6.07) is 19.7. The predicted molar refractivity (Wildman–Crippen MR) is 134 cm³/mol. The van der Waals surface area contributed by atoms with E-state index in [0.29, 0.717) is 14.8 Å². The molecule has 0 bridgehead atoms. The minimum Gasteiger partial charge on any atom is -0.384 e. The average molecular weight is 634 g/mol. The van der Waals surface area contributed by atoms with E-state index < -0.39 is 5.92 Å². The molecule has 8 heteroatoms. The van der Waals surface area contributed by atoms with Gasteiger partial charge < -0.3 is 5.73 Å². The highest BCUT2D eigenvalue weighted by molar-refractivity contribution is 14.1. The number of nitriles is 2. The van der Waals surface area contributed by atoms with Gasteiger partial charge in [0.15, 0.2) is 0 Å². The van der Waals surface area contributed by atoms with Crippen LogP contribution in [0.15, 0.2) is 58.9 Å². The van der Waals surface area contributed by atoms with E-state index in [1.807, 2.05) is 48.5 Å². The van der Waals surface area contributed by atoms with Crippen LogP contribution in [0.4, 0.5) is 0 Å². The summed E-state index contributed by atoms with van der Waals surface area (Å²) in [5.74, 6) is -0.518. The molecule has 0 amide bonds. The molecule has 0 spiro atoms. The first-order valence-electron chi connectivity index (χ1n) is 8.75. The van der Waals surface area contributed by atoms with Gasteiger partial charge >= 0.3 is 0 Å². The van der Waals surface area contributed by atoms with Crippen LogP contribution in [0.25, 0.3) is 17.5 Å². The number of halogens is 2. The van der Waals surface area contributed by atoms with Gasteiger partial charge in [0.25, 0.3) is 5.56 Å². The third kappa shape index (κ3) is 3.39. The van der Waals surface area contributed by atoms with Gasteiger partial charge in [-0.3, -0.25) is 9.36 Å². The standard InChI is InChI=1S/C22H12I2N4OS/c23-16-7-3-1-5-12(16)9-18-21(29)28-20(27)14(10-25)19(15(11-26)22(28)30-18)13-6-2-4-8-17(13)24/h1-9,19H,27H2/b18-9-/t19-/m0/s1. The number of aromatic nitrogens is 1. The van der Waals surface area contributed by atoms with Gasteiger partial charge in [-0.15, -0.1) is 11.3 Å². The summed E-state index contributed by atoms with van der Waals surface area (Å²) in [4.78, 5) is 13.2. The molecule has 0 saturated carbocycles. The number of benzene rings is 2. The summed E-state index contributed by atoms with van der Waals surface area (Å²) < 4.78 is 4.17. The molecule has 4 rings (SSSR count). The first-order chi connectivity index (χ1) is 14.5. The van der Waals surface area contributed by atoms with Crippen LogP contribution in [0.3, 0.4) is 0 Å². The maximum Gasteiger partial charge on any atom is 0.274 e. The van der Waals surface area contributed by atoms with Crippen LogP contribution < -0.4 is 20.5 Å². The van der Waals surface area contributed by atoms with Crippen molar-refractivity contribution in [2.24, 2.45) is 5.73 Å². The van der Waals surface area contributed by atoms with E-state index in [1.165, 1.54) is 15.9 Å². The van der Waals surface area contributed by atoms with Crippen molar-refractivity contribution < 1.29 is 0 Å². The Balaban J connectivity index is 2.10. The van der Waals surface area contributed by atoms with Gasteiger partial charge in [0, 0.05) is 7.14 Å². The Hall–Kier alpha value is -2.41. The SMILES string of the molecule is N#CC1=C(N)n2c(s/c(=C\c3ccccc3I)c2=O)=C(C#N)[C@H]1c1ccccc1I. The number of nitrogens with two attached hydrogens (primary N) is 1. The van der Waals surface area contributed by atoms with Crippen molar-refractivity contribution in [3.8, 4) is 12.1 Å². The van der Waals surface area contributed by atoms with E-state index in [0.717, 1.165) is 18.3 Å². The zero-order chi connectivity index (χ0) is 21.4. The monoisotopic (exact) mass is 634 g/mol. The molecule has 1 atom stereocenters. The number of allylic oxidation sites excluding steroid dienone is 1. The molecule has 1 aliphatic rings. The topological polar surface area (TPSA) is 95.6 Å². The summed E-state index contributed by atoms with van der Waals surface area (Å²) in [5, 5.41) is 19.9. The number of rotatable bonds is 2. The molecule has 2 N–H and O–H groups in total. The second-order valence-electron chi connectivity index (χ2n) is 6.47. The largest absolute Gasteiger partial charge is 0.384 e. The zero-order valence-electron chi connectivity index (χ0n) is 15.3. The van der Waals surface area contributed by atoms with Gasteiger partial charge in [0.05, 0.1) is 33.7 Å². The van der Waals surface area contributed by atoms with E-state index in [9.17, 15) is 15.3 Å². The Morgan fingerprint density at radius 2 is 1.63 bits per heavy atom. The van der Waals surface area contributed by atoms with Crippen molar-refractivity contribution in [1.29, 1.82) is 10.5 Å². The molecule has 0 fully saturated rings. The zero-order valence-corrected chi connectivity index (χ0v) is 20.4. The normalized spacial score (nSPS) is 16.2. The van der Waals surface area contributed by atoms with E-state index in [1.54, 1.807) is 6.08 Å². The first kappa shape index (κ1) is 20.8. The van der Waals surface area contributed by atoms with Gasteiger partial charge in [-0.05, 0) is 74.5 Å². The fourth-order valence-corrected chi connectivity index (χ4v) is 5.77. The third-order valence-electron chi connectivity index (χ3n) is 4.80. The lowest BCUT2D eigenvalue weighted by atomic mass is 9.84.